The Morgan fingerprint density at radius 1 is 1.43 bits per heavy atom. The van der Waals surface area contributed by atoms with Gasteiger partial charge >= 0.3 is 5.97 Å². The van der Waals surface area contributed by atoms with Crippen LogP contribution in [-0.4, -0.2) is 27.8 Å². The topological polar surface area (TPSA) is 74.7 Å². The molecule has 0 radical (unpaired) electrons. The fourth-order valence-corrected chi connectivity index (χ4v) is 2.23. The minimum Gasteiger partial charge on any atom is -0.478 e. The van der Waals surface area contributed by atoms with E-state index in [1.165, 1.54) is 18.2 Å². The SMILES string of the molecule is CC1CC(=O)N(Cc2cc(F)cc(C=CC(=O)O)c2)C1=O. The van der Waals surface area contributed by atoms with Gasteiger partial charge in [-0.05, 0) is 35.4 Å². The van der Waals surface area contributed by atoms with E-state index in [0.717, 1.165) is 11.0 Å². The molecule has 2 amide bonds. The predicted molar refractivity (Wildman–Crippen MR) is 72.4 cm³/mol. The van der Waals surface area contributed by atoms with Crippen molar-refractivity contribution in [2.24, 2.45) is 5.92 Å². The molecule has 1 aliphatic rings. The van der Waals surface area contributed by atoms with Gasteiger partial charge in [-0.15, -0.1) is 0 Å². The van der Waals surface area contributed by atoms with E-state index >= 15 is 0 Å². The predicted octanol–water partition coefficient (Wildman–Crippen LogP) is 1.82. The molecule has 1 unspecified atom stereocenters. The van der Waals surface area contributed by atoms with Crippen molar-refractivity contribution in [1.82, 2.24) is 4.90 Å². The summed E-state index contributed by atoms with van der Waals surface area (Å²) in [7, 11) is 0. The molecular formula is C15H14FNO4. The van der Waals surface area contributed by atoms with Gasteiger partial charge in [0.2, 0.25) is 11.8 Å². The van der Waals surface area contributed by atoms with Crippen LogP contribution >= 0.6 is 0 Å². The summed E-state index contributed by atoms with van der Waals surface area (Å²) in [4.78, 5) is 35.1. The van der Waals surface area contributed by atoms with Crippen LogP contribution in [0.15, 0.2) is 24.3 Å². The summed E-state index contributed by atoms with van der Waals surface area (Å²) in [5.41, 5.74) is 0.801. The molecule has 1 aromatic rings. The number of carboxylic acids is 1. The number of likely N-dealkylation sites (tertiary alicyclic amines) is 1. The molecule has 0 saturated carbocycles. The van der Waals surface area contributed by atoms with E-state index in [-0.39, 0.29) is 30.7 Å². The first kappa shape index (κ1) is 14.9. The molecule has 6 heteroatoms. The largest absolute Gasteiger partial charge is 0.478 e. The van der Waals surface area contributed by atoms with Crippen molar-refractivity contribution in [2.45, 2.75) is 19.9 Å². The van der Waals surface area contributed by atoms with Gasteiger partial charge < -0.3 is 5.11 Å². The van der Waals surface area contributed by atoms with Crippen LogP contribution in [0.4, 0.5) is 4.39 Å². The number of aliphatic carboxylic acids is 1. The highest BCUT2D eigenvalue weighted by molar-refractivity contribution is 6.03. The molecule has 2 rings (SSSR count). The van der Waals surface area contributed by atoms with Gasteiger partial charge in [-0.1, -0.05) is 6.92 Å². The first-order valence-corrected chi connectivity index (χ1v) is 6.41. The summed E-state index contributed by atoms with van der Waals surface area (Å²) >= 11 is 0. The number of benzene rings is 1. The Kier molecular flexibility index (Phi) is 4.16. The number of imide groups is 1. The molecule has 0 aliphatic carbocycles. The molecule has 1 aromatic carbocycles. The van der Waals surface area contributed by atoms with E-state index < -0.39 is 11.8 Å². The van der Waals surface area contributed by atoms with Crippen molar-refractivity contribution in [2.75, 3.05) is 0 Å². The molecule has 1 heterocycles. The Morgan fingerprint density at radius 2 is 2.14 bits per heavy atom. The van der Waals surface area contributed by atoms with Gasteiger partial charge in [0.05, 0.1) is 6.54 Å². The Hall–Kier alpha value is -2.50. The molecule has 1 aliphatic heterocycles. The average Bonchev–Trinajstić information content (AvgIpc) is 2.62. The van der Waals surface area contributed by atoms with Crippen LogP contribution in [0.1, 0.15) is 24.5 Å². The molecule has 110 valence electrons. The molecule has 5 nitrogen and oxygen atoms in total. The van der Waals surface area contributed by atoms with Crippen LogP contribution in [-0.2, 0) is 20.9 Å². The Bertz CT molecular complexity index is 639. The van der Waals surface area contributed by atoms with Crippen molar-refractivity contribution < 1.29 is 23.9 Å². The van der Waals surface area contributed by atoms with Crippen molar-refractivity contribution in [1.29, 1.82) is 0 Å². The third-order valence-electron chi connectivity index (χ3n) is 3.21. The first-order valence-electron chi connectivity index (χ1n) is 6.41. The number of halogens is 1. The maximum atomic E-state index is 13.5. The second kappa shape index (κ2) is 5.87. The lowest BCUT2D eigenvalue weighted by Crippen LogP contribution is -2.29. The van der Waals surface area contributed by atoms with Crippen molar-refractivity contribution in [3.8, 4) is 0 Å². The number of carbonyl (C=O) groups excluding carboxylic acids is 2. The van der Waals surface area contributed by atoms with E-state index in [0.29, 0.717) is 11.1 Å². The number of hydrogen-bond donors (Lipinski definition) is 1. The maximum absolute atomic E-state index is 13.5. The molecule has 1 N–H and O–H groups in total. The number of carboxylic acid groups (broad SMARTS) is 1. The van der Waals surface area contributed by atoms with Crippen molar-refractivity contribution >= 4 is 23.9 Å². The van der Waals surface area contributed by atoms with Gasteiger partial charge in [0, 0.05) is 18.4 Å². The zero-order valence-electron chi connectivity index (χ0n) is 11.4. The second-order valence-electron chi connectivity index (χ2n) is 4.99. The van der Waals surface area contributed by atoms with E-state index in [1.54, 1.807) is 13.0 Å². The van der Waals surface area contributed by atoms with Crippen LogP contribution in [0.3, 0.4) is 0 Å². The normalized spacial score (nSPS) is 18.8. The van der Waals surface area contributed by atoms with Gasteiger partial charge in [0.1, 0.15) is 5.82 Å². The maximum Gasteiger partial charge on any atom is 0.328 e. The van der Waals surface area contributed by atoms with E-state index in [2.05, 4.69) is 0 Å². The van der Waals surface area contributed by atoms with Crippen molar-refractivity contribution in [3.05, 3.63) is 41.2 Å². The van der Waals surface area contributed by atoms with Crippen LogP contribution in [0.5, 0.6) is 0 Å². The van der Waals surface area contributed by atoms with Gasteiger partial charge in [-0.3, -0.25) is 14.5 Å². The third-order valence-corrected chi connectivity index (χ3v) is 3.21. The van der Waals surface area contributed by atoms with E-state index in [1.807, 2.05) is 0 Å². The van der Waals surface area contributed by atoms with Crippen LogP contribution < -0.4 is 0 Å². The summed E-state index contributed by atoms with van der Waals surface area (Å²) in [6, 6.07) is 3.95. The van der Waals surface area contributed by atoms with Crippen molar-refractivity contribution in [3.63, 3.8) is 0 Å². The van der Waals surface area contributed by atoms with E-state index in [9.17, 15) is 18.8 Å². The summed E-state index contributed by atoms with van der Waals surface area (Å²) in [5.74, 6) is -2.59. The van der Waals surface area contributed by atoms with Crippen LogP contribution in [0, 0.1) is 11.7 Å². The molecular weight excluding hydrogens is 277 g/mol. The van der Waals surface area contributed by atoms with Gasteiger partial charge in [-0.25, -0.2) is 9.18 Å². The number of rotatable bonds is 4. The Morgan fingerprint density at radius 3 is 2.71 bits per heavy atom. The zero-order valence-corrected chi connectivity index (χ0v) is 11.4. The van der Waals surface area contributed by atoms with E-state index in [4.69, 9.17) is 5.11 Å². The minimum atomic E-state index is -1.14. The lowest BCUT2D eigenvalue weighted by Gasteiger charge is -2.14. The quantitative estimate of drug-likeness (QED) is 0.678. The summed E-state index contributed by atoms with van der Waals surface area (Å²) in [6.07, 6.45) is 2.32. The number of carbonyl (C=O) groups is 3. The van der Waals surface area contributed by atoms with Gasteiger partial charge in [-0.2, -0.15) is 0 Å². The van der Waals surface area contributed by atoms with Crippen LogP contribution in [0.2, 0.25) is 0 Å². The molecule has 1 atom stereocenters. The summed E-state index contributed by atoms with van der Waals surface area (Å²) in [5, 5.41) is 8.56. The molecule has 0 bridgehead atoms. The monoisotopic (exact) mass is 291 g/mol. The Balaban J connectivity index is 2.22. The lowest BCUT2D eigenvalue weighted by molar-refractivity contribution is -0.140. The molecule has 0 aromatic heterocycles. The molecule has 1 fully saturated rings. The zero-order chi connectivity index (χ0) is 15.6. The number of nitrogens with zero attached hydrogens (tertiary/aromatic N) is 1. The first-order chi connectivity index (χ1) is 9.86. The fourth-order valence-electron chi connectivity index (χ4n) is 2.23. The highest BCUT2D eigenvalue weighted by Crippen LogP contribution is 2.22. The average molecular weight is 291 g/mol. The molecule has 1 saturated heterocycles. The van der Waals surface area contributed by atoms with Gasteiger partial charge in [0.15, 0.2) is 0 Å². The Labute approximate surface area is 120 Å². The molecule has 0 spiro atoms. The standard InChI is InChI=1S/C15H14FNO4/c1-9-4-13(18)17(15(9)21)8-11-5-10(2-3-14(19)20)6-12(16)7-11/h2-3,5-7,9H,4,8H2,1H3,(H,19,20). The summed E-state index contributed by atoms with van der Waals surface area (Å²) in [6.45, 7) is 1.67. The fraction of sp³-hybridized carbons (Fsp3) is 0.267. The minimum absolute atomic E-state index is 0.00627. The van der Waals surface area contributed by atoms with Gasteiger partial charge in [0.25, 0.3) is 0 Å². The summed E-state index contributed by atoms with van der Waals surface area (Å²) < 4.78 is 13.5. The number of hydrogen-bond acceptors (Lipinski definition) is 3. The highest BCUT2D eigenvalue weighted by atomic mass is 19.1. The lowest BCUT2D eigenvalue weighted by atomic mass is 10.1. The number of amides is 2. The third kappa shape index (κ3) is 3.53. The van der Waals surface area contributed by atoms with Crippen LogP contribution in [0.25, 0.3) is 6.08 Å². The second-order valence-corrected chi connectivity index (χ2v) is 4.99. The molecule has 21 heavy (non-hydrogen) atoms. The smallest absolute Gasteiger partial charge is 0.328 e. The highest BCUT2D eigenvalue weighted by Gasteiger charge is 2.35.